The van der Waals surface area contributed by atoms with E-state index in [4.69, 9.17) is 5.73 Å². The van der Waals surface area contributed by atoms with E-state index in [2.05, 4.69) is 4.99 Å². The van der Waals surface area contributed by atoms with Crippen LogP contribution >= 0.6 is 0 Å². The quantitative estimate of drug-likeness (QED) is 0.700. The summed E-state index contributed by atoms with van der Waals surface area (Å²) in [5, 5.41) is 10.8. The van der Waals surface area contributed by atoms with Gasteiger partial charge in [-0.3, -0.25) is 4.79 Å². The number of imide groups is 1. The summed E-state index contributed by atoms with van der Waals surface area (Å²) in [6, 6.07) is 2.56. The zero-order chi connectivity index (χ0) is 22.5. The van der Waals surface area contributed by atoms with E-state index in [0.717, 1.165) is 9.48 Å². The first-order chi connectivity index (χ1) is 13.1. The average molecular weight is 401 g/mol. The van der Waals surface area contributed by atoms with Crippen molar-refractivity contribution in [1.29, 1.82) is 0 Å². The van der Waals surface area contributed by atoms with E-state index < -0.39 is 28.7 Å². The van der Waals surface area contributed by atoms with Crippen LogP contribution in [0.1, 0.15) is 63.0 Å². The van der Waals surface area contributed by atoms with E-state index in [1.54, 1.807) is 12.1 Å². The van der Waals surface area contributed by atoms with Crippen LogP contribution in [0, 0.1) is 0 Å². The zero-order valence-electron chi connectivity index (χ0n) is 18.2. The van der Waals surface area contributed by atoms with E-state index in [1.165, 1.54) is 14.1 Å². The summed E-state index contributed by atoms with van der Waals surface area (Å²) in [4.78, 5) is 42.1. The molecule has 1 heterocycles. The number of urea groups is 1. The molecule has 0 bridgehead atoms. The van der Waals surface area contributed by atoms with Crippen molar-refractivity contribution in [2.75, 3.05) is 14.1 Å². The molecule has 1 aliphatic rings. The lowest BCUT2D eigenvalue weighted by Crippen LogP contribution is -2.55. The van der Waals surface area contributed by atoms with Crippen LogP contribution in [0.5, 0.6) is 5.75 Å². The van der Waals surface area contributed by atoms with Crippen LogP contribution < -0.4 is 5.73 Å². The molecule has 0 radical (unpaired) electrons. The number of amides is 4. The molecule has 0 fully saturated rings. The first-order valence-electron chi connectivity index (χ1n) is 9.27. The maximum absolute atomic E-state index is 13.0. The van der Waals surface area contributed by atoms with E-state index in [9.17, 15) is 19.5 Å². The molecule has 8 nitrogen and oxygen atoms in total. The number of hydrogen-bond donors (Lipinski definition) is 2. The van der Waals surface area contributed by atoms with E-state index in [-0.39, 0.29) is 22.9 Å². The molecular formula is C21H29N4O4+. The Labute approximate surface area is 170 Å². The number of aromatic hydroxyl groups is 1. The number of aliphatic imine (C=N–C) groups is 1. The molecule has 0 saturated carbocycles. The first kappa shape index (κ1) is 22.3. The molecule has 29 heavy (non-hydrogen) atoms. The van der Waals surface area contributed by atoms with Crippen molar-refractivity contribution in [2.45, 2.75) is 52.4 Å². The van der Waals surface area contributed by atoms with Gasteiger partial charge in [0.15, 0.2) is 0 Å². The maximum atomic E-state index is 13.0. The summed E-state index contributed by atoms with van der Waals surface area (Å²) in [5.41, 5.74) is 6.16. The van der Waals surface area contributed by atoms with Gasteiger partial charge < -0.3 is 10.8 Å². The Morgan fingerprint density at radius 3 is 1.93 bits per heavy atom. The third kappa shape index (κ3) is 4.06. The molecule has 8 heteroatoms. The highest BCUT2D eigenvalue weighted by Gasteiger charge is 2.40. The molecule has 4 amide bonds. The zero-order valence-corrected chi connectivity index (χ0v) is 18.2. The first-order valence-corrected chi connectivity index (χ1v) is 9.27. The highest BCUT2D eigenvalue weighted by atomic mass is 16.3. The van der Waals surface area contributed by atoms with Crippen molar-refractivity contribution in [3.05, 3.63) is 28.8 Å². The lowest BCUT2D eigenvalue weighted by Gasteiger charge is -2.27. The minimum absolute atomic E-state index is 0.138. The number of nitrogens with two attached hydrogens (primary N) is 1. The number of rotatable bonds is 1. The predicted octanol–water partition coefficient (Wildman–Crippen LogP) is 2.16. The standard InChI is InChI=1S/C21H28N4O4/c1-20(2,3)12-9-11(10-13(15(12)26)21(4,5)6)17(27)23-14-16(22)24(7)19(29)25(8)18(14)28/h9-10,22H,1-8H3,(H,26,27)/p+1. The molecule has 0 spiro atoms. The number of carbonyl (C=O) groups excluding carboxylic acids is 3. The van der Waals surface area contributed by atoms with Crippen LogP contribution in [0.2, 0.25) is 0 Å². The van der Waals surface area contributed by atoms with Crippen molar-refractivity contribution < 1.29 is 24.1 Å². The van der Waals surface area contributed by atoms with Gasteiger partial charge in [0.2, 0.25) is 5.71 Å². The van der Waals surface area contributed by atoms with Crippen molar-refractivity contribution in [1.82, 2.24) is 4.90 Å². The van der Waals surface area contributed by atoms with Crippen molar-refractivity contribution in [3.63, 3.8) is 0 Å². The fourth-order valence-corrected chi connectivity index (χ4v) is 3.01. The normalized spacial score (nSPS) is 17.4. The second-order valence-electron chi connectivity index (χ2n) is 9.28. The van der Waals surface area contributed by atoms with Gasteiger partial charge in [0, 0.05) is 16.7 Å². The molecule has 0 aromatic heterocycles. The fourth-order valence-electron chi connectivity index (χ4n) is 3.01. The molecule has 0 saturated heterocycles. The second-order valence-corrected chi connectivity index (χ2v) is 9.28. The highest BCUT2D eigenvalue weighted by molar-refractivity contribution is 6.67. The summed E-state index contributed by atoms with van der Waals surface area (Å²) < 4.78 is 1.06. The smallest absolute Gasteiger partial charge is 0.445 e. The number of amidine groups is 1. The molecule has 156 valence electrons. The van der Waals surface area contributed by atoms with Gasteiger partial charge in [-0.1, -0.05) is 41.5 Å². The third-order valence-electron chi connectivity index (χ3n) is 4.87. The molecule has 1 aliphatic heterocycles. The number of phenols is 1. The SMILES string of the molecule is CN1C(=O)C(=NC(=O)c2cc(C(C)(C)C)c(O)c(C(C)(C)C)c2)C(N)=[N+](C)C1=O. The van der Waals surface area contributed by atoms with Crippen LogP contribution in [0.15, 0.2) is 17.1 Å². The van der Waals surface area contributed by atoms with Gasteiger partial charge in [-0.2, -0.15) is 14.5 Å². The lowest BCUT2D eigenvalue weighted by molar-refractivity contribution is -0.401. The lowest BCUT2D eigenvalue weighted by atomic mass is 9.78. The maximum Gasteiger partial charge on any atom is 0.445 e. The summed E-state index contributed by atoms with van der Waals surface area (Å²) >= 11 is 0. The minimum atomic E-state index is -0.746. The van der Waals surface area contributed by atoms with Crippen molar-refractivity contribution >= 4 is 29.4 Å². The highest BCUT2D eigenvalue weighted by Crippen LogP contribution is 2.39. The second kappa shape index (κ2) is 7.09. The molecule has 3 N–H and O–H groups in total. The number of carbonyl (C=O) groups is 3. The molecule has 0 aliphatic carbocycles. The number of hydrogen-bond acceptors (Lipinski definition) is 5. The Morgan fingerprint density at radius 2 is 1.52 bits per heavy atom. The van der Waals surface area contributed by atoms with Gasteiger partial charge in [0.1, 0.15) is 5.75 Å². The molecule has 1 aromatic rings. The van der Waals surface area contributed by atoms with Gasteiger partial charge in [0.25, 0.3) is 11.7 Å². The van der Waals surface area contributed by atoms with Crippen LogP contribution in [0.25, 0.3) is 0 Å². The van der Waals surface area contributed by atoms with E-state index in [1.807, 2.05) is 41.5 Å². The van der Waals surface area contributed by atoms with Gasteiger partial charge >= 0.3 is 11.9 Å². The van der Waals surface area contributed by atoms with Crippen LogP contribution in [-0.4, -0.2) is 58.1 Å². The summed E-state index contributed by atoms with van der Waals surface area (Å²) in [7, 11) is 2.69. The predicted molar refractivity (Wildman–Crippen MR) is 111 cm³/mol. The summed E-state index contributed by atoms with van der Waals surface area (Å²) in [5.74, 6) is -1.47. The molecule has 0 atom stereocenters. The molecule has 0 unspecified atom stereocenters. The van der Waals surface area contributed by atoms with Crippen molar-refractivity contribution in [3.8, 4) is 5.75 Å². The monoisotopic (exact) mass is 401 g/mol. The average Bonchev–Trinajstić information content (AvgIpc) is 2.60. The summed E-state index contributed by atoms with van der Waals surface area (Å²) in [6.07, 6.45) is 0. The number of phenolic OH excluding ortho intramolecular Hbond substituents is 1. The van der Waals surface area contributed by atoms with Crippen molar-refractivity contribution in [2.24, 2.45) is 10.7 Å². The minimum Gasteiger partial charge on any atom is -0.507 e. The third-order valence-corrected chi connectivity index (χ3v) is 4.87. The van der Waals surface area contributed by atoms with Gasteiger partial charge in [-0.25, -0.2) is 9.59 Å². The molecular weight excluding hydrogens is 372 g/mol. The van der Waals surface area contributed by atoms with Gasteiger partial charge in [-0.15, -0.1) is 0 Å². The topological polar surface area (TPSA) is 116 Å². The Morgan fingerprint density at radius 1 is 1.07 bits per heavy atom. The fraction of sp³-hybridized carbons (Fsp3) is 0.476. The largest absolute Gasteiger partial charge is 0.507 e. The Kier molecular flexibility index (Phi) is 5.45. The Hall–Kier alpha value is -3.03. The Bertz CT molecular complexity index is 940. The number of nitrogens with zero attached hydrogens (tertiary/aromatic N) is 3. The molecule has 1 aromatic carbocycles. The Balaban J connectivity index is 2.69. The summed E-state index contributed by atoms with van der Waals surface area (Å²) in [6.45, 7) is 11.6. The van der Waals surface area contributed by atoms with Gasteiger partial charge in [0.05, 0.1) is 14.1 Å². The van der Waals surface area contributed by atoms with E-state index >= 15 is 0 Å². The van der Waals surface area contributed by atoms with E-state index in [0.29, 0.717) is 11.1 Å². The van der Waals surface area contributed by atoms with Crippen LogP contribution in [-0.2, 0) is 15.6 Å². The van der Waals surface area contributed by atoms with Crippen LogP contribution in [0.4, 0.5) is 4.79 Å². The van der Waals surface area contributed by atoms with Gasteiger partial charge in [-0.05, 0) is 23.0 Å². The van der Waals surface area contributed by atoms with Crippen LogP contribution in [0.3, 0.4) is 0 Å². The number of benzene rings is 1. The molecule has 2 rings (SSSR count).